The molecule has 0 radical (unpaired) electrons. The molecule has 0 bridgehead atoms. The Labute approximate surface area is 196 Å². The van der Waals surface area contributed by atoms with Crippen LogP contribution in [-0.4, -0.2) is 7.25 Å². The number of rotatable bonds is 3. The van der Waals surface area contributed by atoms with Crippen molar-refractivity contribution in [1.82, 2.24) is 0 Å². The van der Waals surface area contributed by atoms with E-state index in [0.29, 0.717) is 6.04 Å². The number of hydrogen-bond acceptors (Lipinski definition) is 0. The Morgan fingerprint density at radius 2 is 1.21 bits per heavy atom. The van der Waals surface area contributed by atoms with Crippen LogP contribution in [0, 0.1) is 0 Å². The lowest BCUT2D eigenvalue weighted by Gasteiger charge is -2.23. The first kappa shape index (κ1) is 22.4. The van der Waals surface area contributed by atoms with Gasteiger partial charge in [-0.2, -0.15) is 4.57 Å². The third-order valence-electron chi connectivity index (χ3n) is 6.38. The van der Waals surface area contributed by atoms with Gasteiger partial charge in [-0.1, -0.05) is 66.7 Å². The van der Waals surface area contributed by atoms with Crippen LogP contribution in [0.1, 0.15) is 30.0 Å². The molecule has 4 aromatic rings. The molecule has 1 nitrogen and oxygen atoms in total. The molecule has 1 heterocycles. The summed E-state index contributed by atoms with van der Waals surface area (Å²) in [5, 5.41) is 0. The summed E-state index contributed by atoms with van der Waals surface area (Å²) in [5.41, 5.74) is 11.3. The zero-order chi connectivity index (χ0) is 23.7. The Bertz CT molecular complexity index is 1290. The van der Waals surface area contributed by atoms with Crippen molar-refractivity contribution in [1.29, 1.82) is 0 Å². The molecule has 2 aliphatic carbocycles. The number of pyridine rings is 1. The van der Waals surface area contributed by atoms with Crippen molar-refractivity contribution in [3.8, 4) is 33.6 Å². The van der Waals surface area contributed by atoms with Gasteiger partial charge in [0.05, 0.1) is 0 Å². The van der Waals surface area contributed by atoms with Crippen LogP contribution in [0.2, 0.25) is 0 Å². The van der Waals surface area contributed by atoms with E-state index in [4.69, 9.17) is 0 Å². The third kappa shape index (κ3) is 4.77. The Hall–Kier alpha value is -3.41. The van der Waals surface area contributed by atoms with Gasteiger partial charge in [0.25, 0.3) is 0 Å². The van der Waals surface area contributed by atoms with E-state index in [9.17, 15) is 17.3 Å². The molecule has 6 rings (SSSR count). The van der Waals surface area contributed by atoms with E-state index in [1.807, 2.05) is 0 Å². The summed E-state index contributed by atoms with van der Waals surface area (Å²) in [4.78, 5) is 0. The summed E-state index contributed by atoms with van der Waals surface area (Å²) in [6.07, 6.45) is 4.80. The van der Waals surface area contributed by atoms with Crippen molar-refractivity contribution < 1.29 is 21.8 Å². The van der Waals surface area contributed by atoms with Crippen LogP contribution >= 0.6 is 0 Å². The Morgan fingerprint density at radius 1 is 0.647 bits per heavy atom. The van der Waals surface area contributed by atoms with Gasteiger partial charge in [-0.3, -0.25) is 0 Å². The van der Waals surface area contributed by atoms with E-state index in [1.165, 1.54) is 57.6 Å². The fourth-order valence-electron chi connectivity index (χ4n) is 4.88. The zero-order valence-corrected chi connectivity index (χ0v) is 18.6. The zero-order valence-electron chi connectivity index (χ0n) is 18.6. The molecule has 3 aromatic carbocycles. The minimum absolute atomic E-state index is 0.620. The second-order valence-electron chi connectivity index (χ2n) is 8.76. The van der Waals surface area contributed by atoms with Gasteiger partial charge in [-0.25, -0.2) is 0 Å². The monoisotopic (exact) mass is 461 g/mol. The van der Waals surface area contributed by atoms with E-state index in [-0.39, 0.29) is 0 Å². The second-order valence-corrected chi connectivity index (χ2v) is 8.76. The second kappa shape index (κ2) is 9.09. The van der Waals surface area contributed by atoms with E-state index < -0.39 is 7.25 Å². The lowest BCUT2D eigenvalue weighted by Crippen LogP contribution is -2.40. The summed E-state index contributed by atoms with van der Waals surface area (Å²) in [5.74, 6) is 0. The molecular weight excluding hydrogens is 437 g/mol. The molecule has 1 fully saturated rings. The lowest BCUT2D eigenvalue weighted by molar-refractivity contribution is -0.679. The molecule has 1 aromatic heterocycles. The first-order valence-corrected chi connectivity index (χ1v) is 11.6. The van der Waals surface area contributed by atoms with Crippen LogP contribution in [0.3, 0.4) is 0 Å². The number of fused-ring (bicyclic) bond motifs is 3. The summed E-state index contributed by atoms with van der Waals surface area (Å²) >= 11 is 0. The average molecular weight is 461 g/mol. The fourth-order valence-corrected chi connectivity index (χ4v) is 4.88. The van der Waals surface area contributed by atoms with Crippen LogP contribution in [0.5, 0.6) is 0 Å². The normalized spacial score (nSPS) is 14.5. The number of nitrogens with zero attached hydrogens (tertiary/aromatic N) is 1. The fraction of sp³-hybridized carbons (Fsp3) is 0.179. The number of benzene rings is 3. The summed E-state index contributed by atoms with van der Waals surface area (Å²) in [6, 6.07) is 34.0. The molecule has 0 atom stereocenters. The third-order valence-corrected chi connectivity index (χ3v) is 6.38. The molecule has 0 saturated heterocycles. The van der Waals surface area contributed by atoms with Gasteiger partial charge >= 0.3 is 7.25 Å². The molecule has 6 heteroatoms. The van der Waals surface area contributed by atoms with E-state index in [2.05, 4.69) is 95.6 Å². The van der Waals surface area contributed by atoms with Gasteiger partial charge < -0.3 is 17.3 Å². The van der Waals surface area contributed by atoms with Gasteiger partial charge in [0.15, 0.2) is 6.04 Å². The molecule has 172 valence electrons. The Balaban J connectivity index is 0.000000439. The largest absolute Gasteiger partial charge is 0.673 e. The minimum atomic E-state index is -6.00. The molecular formula is C28H24BF4N. The molecule has 0 N–H and O–H groups in total. The first-order valence-electron chi connectivity index (χ1n) is 11.6. The van der Waals surface area contributed by atoms with E-state index >= 15 is 0 Å². The highest BCUT2D eigenvalue weighted by Crippen LogP contribution is 2.42. The molecule has 2 aliphatic rings. The van der Waals surface area contributed by atoms with Crippen molar-refractivity contribution in [2.24, 2.45) is 0 Å². The molecule has 34 heavy (non-hydrogen) atoms. The van der Waals surface area contributed by atoms with Gasteiger partial charge in [-0.05, 0) is 47.7 Å². The molecule has 0 spiro atoms. The smallest absolute Gasteiger partial charge is 0.418 e. The summed E-state index contributed by atoms with van der Waals surface area (Å²) in [6.45, 7) is 0. The van der Waals surface area contributed by atoms with Crippen LogP contribution in [0.15, 0.2) is 91.0 Å². The van der Waals surface area contributed by atoms with Gasteiger partial charge in [0.2, 0.25) is 11.4 Å². The Kier molecular flexibility index (Phi) is 5.99. The van der Waals surface area contributed by atoms with Crippen LogP contribution in [0.25, 0.3) is 33.6 Å². The molecule has 1 saturated carbocycles. The quantitative estimate of drug-likeness (QED) is 0.167. The highest BCUT2D eigenvalue weighted by atomic mass is 19.5. The molecule has 0 aliphatic heterocycles. The number of hydrogen-bond donors (Lipinski definition) is 0. The highest BCUT2D eigenvalue weighted by molar-refractivity contribution is 6.50. The predicted octanol–water partition coefficient (Wildman–Crippen LogP) is 7.71. The molecule has 0 unspecified atom stereocenters. The van der Waals surface area contributed by atoms with Crippen molar-refractivity contribution in [3.63, 3.8) is 0 Å². The summed E-state index contributed by atoms with van der Waals surface area (Å²) in [7, 11) is -6.00. The number of aryl methyl sites for hydroxylation is 1. The SMILES string of the molecule is F[B-](F)(F)F.c1ccc(-c2cc(-c3ccccc3)[n+](C3CC3)c3c2CCc2ccccc2-3)cc1. The Morgan fingerprint density at radius 3 is 1.82 bits per heavy atom. The standard InChI is InChI=1S/C28H24N.BF4/c1-3-9-20(10-4-1)26-19-27(22-12-5-2-6-13-22)29(23-16-17-23)28-24-14-8-7-11-21(24)15-18-25(26)28;2-1(3,4)5/h1-14,19,23H,15-18H2;/q+1;-1. The highest BCUT2D eigenvalue weighted by Gasteiger charge is 2.41. The van der Waals surface area contributed by atoms with Crippen LogP contribution in [0.4, 0.5) is 17.3 Å². The maximum absolute atomic E-state index is 9.75. The van der Waals surface area contributed by atoms with Crippen LogP contribution in [-0.2, 0) is 12.8 Å². The first-order chi connectivity index (χ1) is 16.4. The van der Waals surface area contributed by atoms with E-state index in [1.54, 1.807) is 0 Å². The average Bonchev–Trinajstić information content (AvgIpc) is 3.68. The van der Waals surface area contributed by atoms with Gasteiger partial charge in [-0.15, -0.1) is 0 Å². The number of halogens is 4. The van der Waals surface area contributed by atoms with Crippen molar-refractivity contribution in [2.75, 3.05) is 0 Å². The van der Waals surface area contributed by atoms with E-state index in [0.717, 1.165) is 12.8 Å². The topological polar surface area (TPSA) is 3.88 Å². The summed E-state index contributed by atoms with van der Waals surface area (Å²) < 4.78 is 41.7. The van der Waals surface area contributed by atoms with Gasteiger partial charge in [0, 0.05) is 35.6 Å². The minimum Gasteiger partial charge on any atom is -0.418 e. The predicted molar refractivity (Wildman–Crippen MR) is 129 cm³/mol. The van der Waals surface area contributed by atoms with Crippen molar-refractivity contribution >= 4 is 7.25 Å². The van der Waals surface area contributed by atoms with Crippen LogP contribution < -0.4 is 4.57 Å². The van der Waals surface area contributed by atoms with Crippen molar-refractivity contribution in [2.45, 2.75) is 31.7 Å². The lowest BCUT2D eigenvalue weighted by atomic mass is 9.83. The maximum atomic E-state index is 9.75. The van der Waals surface area contributed by atoms with Crippen molar-refractivity contribution in [3.05, 3.63) is 102 Å². The van der Waals surface area contributed by atoms with Gasteiger partial charge in [0.1, 0.15) is 0 Å². The number of aromatic nitrogens is 1. The molecule has 0 amide bonds. The maximum Gasteiger partial charge on any atom is 0.673 e.